The largest absolute Gasteiger partial charge is 0.493 e. The molecule has 2 atom stereocenters. The van der Waals surface area contributed by atoms with Crippen LogP contribution in [0.1, 0.15) is 27.0 Å². The van der Waals surface area contributed by atoms with Crippen LogP contribution in [0.4, 0.5) is 17.1 Å². The van der Waals surface area contributed by atoms with Crippen LogP contribution in [0, 0.1) is 10.1 Å². The van der Waals surface area contributed by atoms with Gasteiger partial charge in [0.1, 0.15) is 12.8 Å². The molecule has 0 aromatic heterocycles. The van der Waals surface area contributed by atoms with Crippen molar-refractivity contribution in [3.63, 3.8) is 0 Å². The number of amides is 1. The lowest BCUT2D eigenvalue weighted by atomic mass is 10.1. The van der Waals surface area contributed by atoms with Crippen LogP contribution >= 0.6 is 9.47 Å². The lowest BCUT2D eigenvalue weighted by molar-refractivity contribution is -0.385. The lowest BCUT2D eigenvalue weighted by Crippen LogP contribution is -2.46. The van der Waals surface area contributed by atoms with E-state index in [9.17, 15) is 14.9 Å². The van der Waals surface area contributed by atoms with Crippen molar-refractivity contribution in [3.05, 3.63) is 87.0 Å². The van der Waals surface area contributed by atoms with Gasteiger partial charge in [-0.3, -0.25) is 19.8 Å². The number of nitro groups is 1. The fourth-order valence-corrected chi connectivity index (χ4v) is 4.66. The number of hydrogen-bond acceptors (Lipinski definition) is 7. The minimum absolute atomic E-state index is 0.0382. The summed E-state index contributed by atoms with van der Waals surface area (Å²) in [6, 6.07) is 16.0. The quantitative estimate of drug-likeness (QED) is 0.304. The average molecular weight is 479 g/mol. The molecule has 1 N–H and O–H groups in total. The summed E-state index contributed by atoms with van der Waals surface area (Å²) in [5, 5.41) is 14.7. The van der Waals surface area contributed by atoms with Crippen molar-refractivity contribution in [2.24, 2.45) is 0 Å². The molecule has 174 valence electrons. The van der Waals surface area contributed by atoms with E-state index < -0.39 is 4.92 Å². The van der Waals surface area contributed by atoms with E-state index in [0.717, 1.165) is 11.3 Å². The Morgan fingerprint density at radius 2 is 1.88 bits per heavy atom. The summed E-state index contributed by atoms with van der Waals surface area (Å²) < 4.78 is 16.5. The van der Waals surface area contributed by atoms with Crippen molar-refractivity contribution in [2.45, 2.75) is 25.8 Å². The SMILES string of the molecule is COc1cc2c(cc1OCc1cc(COP)cc([N+](=O)[O-])c1)NC1Cc3ccccc3N1C2=O. The van der Waals surface area contributed by atoms with Crippen molar-refractivity contribution in [3.8, 4) is 11.5 Å². The number of nitro benzene ring substituents is 1. The van der Waals surface area contributed by atoms with Gasteiger partial charge in [0, 0.05) is 39.8 Å². The number of anilines is 2. The molecule has 9 nitrogen and oxygen atoms in total. The maximum Gasteiger partial charge on any atom is 0.270 e. The number of fused-ring (bicyclic) bond motifs is 4. The first kappa shape index (κ1) is 22.1. The smallest absolute Gasteiger partial charge is 0.270 e. The van der Waals surface area contributed by atoms with Crippen LogP contribution in [0.2, 0.25) is 0 Å². The molecule has 0 saturated heterocycles. The maximum atomic E-state index is 13.3. The Bertz CT molecular complexity index is 1300. The molecular weight excluding hydrogens is 457 g/mol. The van der Waals surface area contributed by atoms with Crippen molar-refractivity contribution in [2.75, 3.05) is 17.3 Å². The van der Waals surface area contributed by atoms with Gasteiger partial charge in [-0.2, -0.15) is 0 Å². The maximum absolute atomic E-state index is 13.3. The Labute approximate surface area is 198 Å². The van der Waals surface area contributed by atoms with Gasteiger partial charge in [0.05, 0.1) is 29.9 Å². The topological polar surface area (TPSA) is 103 Å². The molecule has 2 aliphatic heterocycles. The molecule has 1 amide bonds. The summed E-state index contributed by atoms with van der Waals surface area (Å²) in [6.45, 7) is 0.295. The fourth-order valence-electron chi connectivity index (χ4n) is 4.46. The van der Waals surface area contributed by atoms with E-state index in [0.29, 0.717) is 40.3 Å². The first-order valence-electron chi connectivity index (χ1n) is 10.6. The van der Waals surface area contributed by atoms with Gasteiger partial charge in [-0.05, 0) is 34.9 Å². The molecule has 0 fully saturated rings. The van der Waals surface area contributed by atoms with Gasteiger partial charge >= 0.3 is 0 Å². The first-order valence-corrected chi connectivity index (χ1v) is 11.1. The number of carbonyl (C=O) groups excluding carboxylic acids is 1. The Morgan fingerprint density at radius 1 is 1.12 bits per heavy atom. The highest BCUT2D eigenvalue weighted by atomic mass is 31.0. The zero-order valence-corrected chi connectivity index (χ0v) is 19.5. The summed E-state index contributed by atoms with van der Waals surface area (Å²) >= 11 is 0. The third-order valence-corrected chi connectivity index (χ3v) is 6.11. The number of para-hydroxylation sites is 1. The van der Waals surface area contributed by atoms with Gasteiger partial charge in [0.15, 0.2) is 11.5 Å². The Kier molecular flexibility index (Phi) is 5.81. The number of non-ortho nitro benzene ring substituents is 1. The molecule has 0 saturated carbocycles. The van der Waals surface area contributed by atoms with E-state index in [-0.39, 0.29) is 31.0 Å². The van der Waals surface area contributed by atoms with Crippen LogP contribution in [0.3, 0.4) is 0 Å². The van der Waals surface area contributed by atoms with E-state index in [4.69, 9.17) is 14.0 Å². The van der Waals surface area contributed by atoms with Gasteiger partial charge in [0.25, 0.3) is 11.6 Å². The molecule has 2 heterocycles. The highest BCUT2D eigenvalue weighted by Crippen LogP contribution is 2.42. The van der Waals surface area contributed by atoms with Crippen molar-refractivity contribution in [1.29, 1.82) is 0 Å². The molecule has 0 bridgehead atoms. The highest BCUT2D eigenvalue weighted by Gasteiger charge is 2.39. The third-order valence-electron chi connectivity index (χ3n) is 5.94. The van der Waals surface area contributed by atoms with Crippen LogP contribution in [-0.4, -0.2) is 24.1 Å². The predicted molar refractivity (Wildman–Crippen MR) is 129 cm³/mol. The second-order valence-corrected chi connectivity index (χ2v) is 8.41. The monoisotopic (exact) mass is 479 g/mol. The molecule has 10 heteroatoms. The van der Waals surface area contributed by atoms with Crippen molar-refractivity contribution < 1.29 is 23.7 Å². The summed E-state index contributed by atoms with van der Waals surface area (Å²) in [5.41, 5.74) is 4.41. The van der Waals surface area contributed by atoms with Gasteiger partial charge in [-0.25, -0.2) is 0 Å². The molecule has 3 aromatic carbocycles. The zero-order chi connectivity index (χ0) is 23.8. The molecule has 0 radical (unpaired) electrons. The first-order chi connectivity index (χ1) is 16.5. The number of benzene rings is 3. The van der Waals surface area contributed by atoms with Crippen LogP contribution in [0.25, 0.3) is 0 Å². The van der Waals surface area contributed by atoms with E-state index in [1.165, 1.54) is 19.2 Å². The number of carbonyl (C=O) groups is 1. The van der Waals surface area contributed by atoms with E-state index >= 15 is 0 Å². The molecule has 2 unspecified atom stereocenters. The summed E-state index contributed by atoms with van der Waals surface area (Å²) in [5.74, 6) is 0.731. The molecule has 0 aliphatic carbocycles. The van der Waals surface area contributed by atoms with Gasteiger partial charge in [-0.1, -0.05) is 18.2 Å². The standard InChI is InChI=1S/C24H22N3O6P/c1-31-21-10-18-19(25-23-9-16-4-2-3-5-20(16)26(23)24(18)28)11-22(21)32-12-14-6-15(13-33-34)8-17(7-14)27(29)30/h2-8,10-11,23,25H,9,12-13,34H2,1H3. The number of hydrogen-bond donors (Lipinski definition) is 1. The minimum Gasteiger partial charge on any atom is -0.493 e. The Morgan fingerprint density at radius 3 is 2.62 bits per heavy atom. The van der Waals surface area contributed by atoms with Crippen LogP contribution < -0.4 is 19.7 Å². The molecule has 34 heavy (non-hydrogen) atoms. The molecule has 0 spiro atoms. The van der Waals surface area contributed by atoms with Crippen molar-refractivity contribution in [1.82, 2.24) is 0 Å². The van der Waals surface area contributed by atoms with E-state index in [1.807, 2.05) is 24.3 Å². The lowest BCUT2D eigenvalue weighted by Gasteiger charge is -2.33. The molecular formula is C24H22N3O6P. The van der Waals surface area contributed by atoms with Gasteiger partial charge in [-0.15, -0.1) is 0 Å². The second kappa shape index (κ2) is 8.93. The molecule has 2 aliphatic rings. The number of rotatable bonds is 7. The number of nitrogens with zero attached hydrogens (tertiary/aromatic N) is 2. The summed E-state index contributed by atoms with van der Waals surface area (Å²) in [6.07, 6.45) is 0.530. The van der Waals surface area contributed by atoms with E-state index in [1.54, 1.807) is 23.1 Å². The Balaban J connectivity index is 1.43. The average Bonchev–Trinajstić information content (AvgIpc) is 3.21. The van der Waals surface area contributed by atoms with Gasteiger partial charge < -0.3 is 19.3 Å². The van der Waals surface area contributed by atoms with E-state index in [2.05, 4.69) is 14.8 Å². The second-order valence-electron chi connectivity index (χ2n) is 8.08. The molecule has 5 rings (SSSR count). The third kappa shape index (κ3) is 3.93. The van der Waals surface area contributed by atoms with Crippen molar-refractivity contribution >= 4 is 32.4 Å². The minimum atomic E-state index is -0.448. The van der Waals surface area contributed by atoms with Gasteiger partial charge in [0.2, 0.25) is 0 Å². The highest BCUT2D eigenvalue weighted by molar-refractivity contribution is 7.09. The van der Waals surface area contributed by atoms with Crippen LogP contribution in [-0.2, 0) is 24.2 Å². The number of methoxy groups -OCH3 is 1. The Hall–Kier alpha value is -3.68. The zero-order valence-electron chi connectivity index (χ0n) is 18.3. The number of nitrogens with one attached hydrogen (secondary N) is 1. The molecule has 3 aromatic rings. The number of ether oxygens (including phenoxy) is 2. The van der Waals surface area contributed by atoms with Crippen LogP contribution in [0.5, 0.6) is 11.5 Å². The predicted octanol–water partition coefficient (Wildman–Crippen LogP) is 4.44. The normalized spacial score (nSPS) is 15.8. The summed E-state index contributed by atoms with van der Waals surface area (Å²) in [4.78, 5) is 26.0. The van der Waals surface area contributed by atoms with Crippen LogP contribution in [0.15, 0.2) is 54.6 Å². The fraction of sp³-hybridized carbons (Fsp3) is 0.208. The summed E-state index contributed by atoms with van der Waals surface area (Å²) in [7, 11) is 3.64.